The summed E-state index contributed by atoms with van der Waals surface area (Å²) in [5.41, 5.74) is 0.365. The van der Waals surface area contributed by atoms with Crippen molar-refractivity contribution in [2.75, 3.05) is 25.5 Å². The highest BCUT2D eigenvalue weighted by atomic mass is 32.1. The topological polar surface area (TPSA) is 18.5 Å². The molecule has 1 aliphatic heterocycles. The zero-order valence-corrected chi connectivity index (χ0v) is 15.6. The summed E-state index contributed by atoms with van der Waals surface area (Å²) in [4.78, 5) is 4.68. The highest BCUT2D eigenvalue weighted by Crippen LogP contribution is 2.26. The van der Waals surface area contributed by atoms with Crippen molar-refractivity contribution in [3.8, 4) is 0 Å². The molecule has 1 saturated heterocycles. The van der Waals surface area contributed by atoms with Gasteiger partial charge in [0.2, 0.25) is 0 Å². The largest absolute Gasteiger partial charge is 0.349 e. The third-order valence-corrected chi connectivity index (χ3v) is 5.95. The molecule has 3 nitrogen and oxygen atoms in total. The summed E-state index contributed by atoms with van der Waals surface area (Å²) in [7, 11) is 2.27. The normalized spacial score (nSPS) is 20.1. The van der Waals surface area contributed by atoms with Gasteiger partial charge in [0.05, 0.1) is 0 Å². The van der Waals surface area contributed by atoms with Crippen LogP contribution >= 0.6 is 12.2 Å². The van der Waals surface area contributed by atoms with Gasteiger partial charge in [0.25, 0.3) is 0 Å². The number of piperidine rings is 1. The van der Waals surface area contributed by atoms with Crippen molar-refractivity contribution in [1.82, 2.24) is 9.80 Å². The van der Waals surface area contributed by atoms with Crippen LogP contribution in [0.3, 0.4) is 0 Å². The van der Waals surface area contributed by atoms with Crippen molar-refractivity contribution in [3.63, 3.8) is 0 Å². The average Bonchev–Trinajstić information content (AvgIpc) is 2.61. The quantitative estimate of drug-likeness (QED) is 0.798. The van der Waals surface area contributed by atoms with E-state index in [1.54, 1.807) is 0 Å². The molecule has 2 aliphatic rings. The molecular weight excluding hydrogens is 340 g/mol. The van der Waals surface area contributed by atoms with E-state index in [9.17, 15) is 8.78 Å². The van der Waals surface area contributed by atoms with Crippen molar-refractivity contribution in [2.45, 2.75) is 57.0 Å². The van der Waals surface area contributed by atoms with Crippen LogP contribution in [0.4, 0.5) is 14.5 Å². The van der Waals surface area contributed by atoms with E-state index >= 15 is 0 Å². The summed E-state index contributed by atoms with van der Waals surface area (Å²) >= 11 is 5.43. The number of hydrogen-bond donors (Lipinski definition) is 1. The minimum atomic E-state index is -0.599. The summed E-state index contributed by atoms with van der Waals surface area (Å²) in [6, 6.07) is 4.72. The first kappa shape index (κ1) is 18.5. The van der Waals surface area contributed by atoms with Gasteiger partial charge in [-0.1, -0.05) is 19.3 Å². The molecule has 6 heteroatoms. The Morgan fingerprint density at radius 2 is 1.56 bits per heavy atom. The second-order valence-corrected chi connectivity index (χ2v) is 7.65. The Hall–Kier alpha value is -1.27. The summed E-state index contributed by atoms with van der Waals surface area (Å²) in [5, 5.41) is 3.51. The molecular formula is C19H27F2N3S. The zero-order chi connectivity index (χ0) is 17.8. The molecule has 138 valence electrons. The predicted molar refractivity (Wildman–Crippen MR) is 102 cm³/mol. The van der Waals surface area contributed by atoms with Crippen LogP contribution in [-0.2, 0) is 0 Å². The standard InChI is InChI=1S/C19H27F2N3S/c1-23(17-5-3-2-4-6-17)18-7-9-24(10-8-18)19(25)22-16-12-14(20)11-15(21)13-16/h11-13,17-18H,2-10H2,1H3,(H,22,25). The first-order chi connectivity index (χ1) is 12.0. The van der Waals surface area contributed by atoms with E-state index in [1.807, 2.05) is 0 Å². The molecule has 1 aliphatic carbocycles. The number of anilines is 1. The predicted octanol–water partition coefficient (Wildman–Crippen LogP) is 4.39. The van der Waals surface area contributed by atoms with Gasteiger partial charge >= 0.3 is 0 Å². The van der Waals surface area contributed by atoms with Crippen LogP contribution in [0.15, 0.2) is 18.2 Å². The van der Waals surface area contributed by atoms with E-state index in [2.05, 4.69) is 22.2 Å². The molecule has 25 heavy (non-hydrogen) atoms. The third kappa shape index (κ3) is 4.88. The number of likely N-dealkylation sites (tertiary alicyclic amines) is 1. The molecule has 0 spiro atoms. The number of hydrogen-bond acceptors (Lipinski definition) is 2. The van der Waals surface area contributed by atoms with E-state index in [4.69, 9.17) is 12.2 Å². The van der Waals surface area contributed by atoms with Crippen molar-refractivity contribution in [1.29, 1.82) is 0 Å². The van der Waals surface area contributed by atoms with Gasteiger partial charge in [0.15, 0.2) is 5.11 Å². The highest BCUT2D eigenvalue weighted by molar-refractivity contribution is 7.80. The van der Waals surface area contributed by atoms with E-state index in [1.165, 1.54) is 44.2 Å². The molecule has 0 atom stereocenters. The van der Waals surface area contributed by atoms with Crippen LogP contribution in [0.25, 0.3) is 0 Å². The monoisotopic (exact) mass is 367 g/mol. The molecule has 0 unspecified atom stereocenters. The molecule has 1 heterocycles. The minimum Gasteiger partial charge on any atom is -0.349 e. The molecule has 0 aromatic heterocycles. The van der Waals surface area contributed by atoms with Gasteiger partial charge in [-0.2, -0.15) is 0 Å². The molecule has 0 radical (unpaired) electrons. The maximum Gasteiger partial charge on any atom is 0.173 e. The van der Waals surface area contributed by atoms with Crippen molar-refractivity contribution in [2.24, 2.45) is 0 Å². The second-order valence-electron chi connectivity index (χ2n) is 7.26. The van der Waals surface area contributed by atoms with Gasteiger partial charge in [0, 0.05) is 36.9 Å². The molecule has 1 aromatic rings. The van der Waals surface area contributed by atoms with Crippen LogP contribution in [0.5, 0.6) is 0 Å². The smallest absolute Gasteiger partial charge is 0.173 e. The van der Waals surface area contributed by atoms with Crippen molar-refractivity contribution < 1.29 is 8.78 Å². The number of rotatable bonds is 3. The molecule has 3 rings (SSSR count). The maximum absolute atomic E-state index is 13.3. The lowest BCUT2D eigenvalue weighted by Crippen LogP contribution is -2.49. The van der Waals surface area contributed by atoms with Crippen molar-refractivity contribution >= 4 is 23.0 Å². The lowest BCUT2D eigenvalue weighted by atomic mass is 9.92. The second kappa shape index (κ2) is 8.41. The average molecular weight is 368 g/mol. The summed E-state index contributed by atoms with van der Waals surface area (Å²) < 4.78 is 26.6. The number of nitrogens with one attached hydrogen (secondary N) is 1. The van der Waals surface area contributed by atoms with Gasteiger partial charge in [0.1, 0.15) is 11.6 Å². The molecule has 0 bridgehead atoms. The Morgan fingerprint density at radius 3 is 2.16 bits per heavy atom. The SMILES string of the molecule is CN(C1CCCCC1)C1CCN(C(=S)Nc2cc(F)cc(F)c2)CC1. The van der Waals surface area contributed by atoms with Gasteiger partial charge < -0.3 is 15.1 Å². The van der Waals surface area contributed by atoms with Crippen LogP contribution < -0.4 is 5.32 Å². The van der Waals surface area contributed by atoms with E-state index in [-0.39, 0.29) is 0 Å². The van der Waals surface area contributed by atoms with Crippen LogP contribution in [0.2, 0.25) is 0 Å². The molecule has 2 fully saturated rings. The van der Waals surface area contributed by atoms with Gasteiger partial charge in [-0.3, -0.25) is 0 Å². The number of nitrogens with zero attached hydrogens (tertiary/aromatic N) is 2. The zero-order valence-electron chi connectivity index (χ0n) is 14.8. The Morgan fingerprint density at radius 1 is 1.00 bits per heavy atom. The summed E-state index contributed by atoms with van der Waals surface area (Å²) in [5.74, 6) is -1.20. The Bertz CT molecular complexity index is 576. The van der Waals surface area contributed by atoms with Gasteiger partial charge in [-0.25, -0.2) is 8.78 Å². The lowest BCUT2D eigenvalue weighted by molar-refractivity contribution is 0.0985. The number of thiocarbonyl (C=S) groups is 1. The fraction of sp³-hybridized carbons (Fsp3) is 0.632. The van der Waals surface area contributed by atoms with E-state index in [0.717, 1.165) is 38.0 Å². The molecule has 0 amide bonds. The van der Waals surface area contributed by atoms with Crippen LogP contribution in [-0.4, -0.2) is 47.1 Å². The maximum atomic E-state index is 13.3. The fourth-order valence-corrected chi connectivity index (χ4v) is 4.39. The lowest BCUT2D eigenvalue weighted by Gasteiger charge is -2.42. The summed E-state index contributed by atoms with van der Waals surface area (Å²) in [6.07, 6.45) is 8.88. The first-order valence-corrected chi connectivity index (χ1v) is 9.68. The van der Waals surface area contributed by atoms with Crippen molar-refractivity contribution in [3.05, 3.63) is 29.8 Å². The number of halogens is 2. The Balaban J connectivity index is 1.50. The first-order valence-electron chi connectivity index (χ1n) is 9.27. The van der Waals surface area contributed by atoms with Crippen LogP contribution in [0, 0.1) is 11.6 Å². The Labute approximate surface area is 154 Å². The Kier molecular flexibility index (Phi) is 6.23. The van der Waals surface area contributed by atoms with Gasteiger partial charge in [-0.15, -0.1) is 0 Å². The summed E-state index contributed by atoms with van der Waals surface area (Å²) in [6.45, 7) is 1.76. The molecule has 1 aromatic carbocycles. The van der Waals surface area contributed by atoms with Crippen LogP contribution in [0.1, 0.15) is 44.9 Å². The molecule has 1 N–H and O–H groups in total. The van der Waals surface area contributed by atoms with E-state index < -0.39 is 11.6 Å². The number of benzene rings is 1. The van der Waals surface area contributed by atoms with Gasteiger partial charge in [-0.05, 0) is 57.1 Å². The van der Waals surface area contributed by atoms with E-state index in [0.29, 0.717) is 16.8 Å². The third-order valence-electron chi connectivity index (χ3n) is 5.59. The minimum absolute atomic E-state index is 0.365. The fourth-order valence-electron chi connectivity index (χ4n) is 4.09. The molecule has 1 saturated carbocycles. The highest BCUT2D eigenvalue weighted by Gasteiger charge is 2.28.